The molecule has 0 aliphatic rings. The summed E-state index contributed by atoms with van der Waals surface area (Å²) in [6.07, 6.45) is 1.48. The van der Waals surface area contributed by atoms with Crippen LogP contribution in [0.5, 0.6) is 0 Å². The molecule has 0 saturated heterocycles. The highest BCUT2D eigenvalue weighted by molar-refractivity contribution is 8.00. The summed E-state index contributed by atoms with van der Waals surface area (Å²) >= 11 is 1.13. The van der Waals surface area contributed by atoms with Gasteiger partial charge in [-0.2, -0.15) is 0 Å². The van der Waals surface area contributed by atoms with Crippen LogP contribution < -0.4 is 11.2 Å². The molecule has 0 unspecified atom stereocenters. The number of benzene rings is 1. The zero-order chi connectivity index (χ0) is 20.5. The lowest BCUT2D eigenvalue weighted by molar-refractivity contribution is 0.102. The maximum Gasteiger partial charge on any atom is 0.332 e. The van der Waals surface area contributed by atoms with E-state index in [9.17, 15) is 14.4 Å². The molecular weight excluding hydrogens is 392 g/mol. The van der Waals surface area contributed by atoms with Crippen molar-refractivity contribution in [3.63, 3.8) is 0 Å². The van der Waals surface area contributed by atoms with Crippen molar-refractivity contribution >= 4 is 28.6 Å². The van der Waals surface area contributed by atoms with E-state index in [1.54, 1.807) is 36.4 Å². The van der Waals surface area contributed by atoms with Crippen molar-refractivity contribution in [2.24, 2.45) is 14.1 Å². The topological polar surface area (TPSA) is 100.0 Å². The average molecular weight is 408 g/mol. The molecule has 3 heterocycles. The van der Waals surface area contributed by atoms with Crippen molar-refractivity contribution in [2.45, 2.75) is 5.03 Å². The molecule has 29 heavy (non-hydrogen) atoms. The van der Waals surface area contributed by atoms with Crippen molar-refractivity contribution in [3.8, 4) is 11.6 Å². The highest BCUT2D eigenvalue weighted by Gasteiger charge is 2.20. The van der Waals surface area contributed by atoms with Gasteiger partial charge in [0.2, 0.25) is 0 Å². The van der Waals surface area contributed by atoms with E-state index in [4.69, 9.17) is 4.42 Å². The van der Waals surface area contributed by atoms with Crippen molar-refractivity contribution in [1.29, 1.82) is 0 Å². The second-order valence-corrected chi connectivity index (χ2v) is 7.28. The minimum Gasteiger partial charge on any atom is -0.461 e. The number of Topliss-reactive ketones (excluding diaryl/α,β-unsaturated/α-hetero) is 1. The lowest BCUT2D eigenvalue weighted by atomic mass is 10.2. The number of carbonyl (C=O) groups excluding carboxylic acids is 1. The first-order valence-corrected chi connectivity index (χ1v) is 9.68. The summed E-state index contributed by atoms with van der Waals surface area (Å²) in [5.41, 5.74) is -0.245. The van der Waals surface area contributed by atoms with Crippen LogP contribution in [0.15, 0.2) is 67.8 Å². The Bertz CT molecular complexity index is 1320. The predicted octanol–water partition coefficient (Wildman–Crippen LogP) is 2.26. The van der Waals surface area contributed by atoms with Crippen LogP contribution in [-0.2, 0) is 14.1 Å². The zero-order valence-corrected chi connectivity index (χ0v) is 16.5. The Morgan fingerprint density at radius 3 is 2.48 bits per heavy atom. The molecule has 0 aliphatic heterocycles. The lowest BCUT2D eigenvalue weighted by Gasteiger charge is -2.11. The fourth-order valence-corrected chi connectivity index (χ4v) is 3.80. The van der Waals surface area contributed by atoms with E-state index in [-0.39, 0.29) is 28.4 Å². The maximum atomic E-state index is 12.8. The molecule has 4 rings (SSSR count). The minimum atomic E-state index is -0.510. The fraction of sp³-hybridized carbons (Fsp3) is 0.150. The average Bonchev–Trinajstić information content (AvgIpc) is 3.29. The highest BCUT2D eigenvalue weighted by atomic mass is 32.2. The number of fused-ring (bicyclic) bond motifs is 1. The predicted molar refractivity (Wildman–Crippen MR) is 109 cm³/mol. The Morgan fingerprint density at radius 2 is 1.79 bits per heavy atom. The van der Waals surface area contributed by atoms with Crippen LogP contribution in [0.3, 0.4) is 0 Å². The second kappa shape index (κ2) is 7.51. The van der Waals surface area contributed by atoms with Gasteiger partial charge in [-0.3, -0.25) is 18.7 Å². The van der Waals surface area contributed by atoms with E-state index in [2.05, 4.69) is 9.97 Å². The molecule has 0 aliphatic carbocycles. The summed E-state index contributed by atoms with van der Waals surface area (Å²) in [4.78, 5) is 46.5. The molecule has 0 radical (unpaired) electrons. The molecule has 0 saturated carbocycles. The van der Waals surface area contributed by atoms with E-state index < -0.39 is 11.2 Å². The fourth-order valence-electron chi connectivity index (χ4n) is 2.89. The number of nitrogens with zero attached hydrogens (tertiary/aromatic N) is 4. The third-order valence-electron chi connectivity index (χ3n) is 4.44. The number of hydrogen-bond donors (Lipinski definition) is 0. The maximum absolute atomic E-state index is 12.8. The van der Waals surface area contributed by atoms with Gasteiger partial charge in [0.05, 0.1) is 12.0 Å². The van der Waals surface area contributed by atoms with Gasteiger partial charge < -0.3 is 4.42 Å². The standard InChI is InChI=1S/C20H16N4O4S/c1-23-17-15(19(26)24(2)20(23)27)18(22-16(21-17)14-9-6-10-28-14)29-11-13(25)12-7-4-3-5-8-12/h3-10H,11H2,1-2H3. The number of rotatable bonds is 5. The summed E-state index contributed by atoms with van der Waals surface area (Å²) in [6, 6.07) is 12.3. The summed E-state index contributed by atoms with van der Waals surface area (Å²) in [6.45, 7) is 0. The minimum absolute atomic E-state index is 0.0831. The van der Waals surface area contributed by atoms with E-state index in [0.717, 1.165) is 16.3 Å². The number of ketones is 1. The van der Waals surface area contributed by atoms with E-state index in [1.807, 2.05) is 6.07 Å². The van der Waals surface area contributed by atoms with E-state index >= 15 is 0 Å². The van der Waals surface area contributed by atoms with E-state index in [1.165, 1.54) is 24.9 Å². The van der Waals surface area contributed by atoms with Crippen LogP contribution in [0.25, 0.3) is 22.6 Å². The third-order valence-corrected chi connectivity index (χ3v) is 5.42. The Balaban J connectivity index is 1.86. The van der Waals surface area contributed by atoms with Gasteiger partial charge in [0.1, 0.15) is 10.4 Å². The van der Waals surface area contributed by atoms with Gasteiger partial charge in [0.15, 0.2) is 23.0 Å². The normalized spacial score (nSPS) is 11.1. The zero-order valence-electron chi connectivity index (χ0n) is 15.7. The number of thioether (sulfide) groups is 1. The van der Waals surface area contributed by atoms with Gasteiger partial charge in [-0.05, 0) is 12.1 Å². The van der Waals surface area contributed by atoms with Crippen LogP contribution in [-0.4, -0.2) is 30.6 Å². The molecule has 3 aromatic heterocycles. The van der Waals surface area contributed by atoms with Crippen LogP contribution in [0, 0.1) is 0 Å². The van der Waals surface area contributed by atoms with Crippen molar-refractivity contribution in [1.82, 2.24) is 19.1 Å². The molecule has 0 spiro atoms. The SMILES string of the molecule is Cn1c(=O)c2c(SCC(=O)c3ccccc3)nc(-c3ccco3)nc2n(C)c1=O. The summed E-state index contributed by atoms with van der Waals surface area (Å²) in [7, 11) is 2.93. The second-order valence-electron chi connectivity index (χ2n) is 6.31. The molecule has 0 N–H and O–H groups in total. The Morgan fingerprint density at radius 1 is 1.03 bits per heavy atom. The molecule has 0 fully saturated rings. The summed E-state index contributed by atoms with van der Waals surface area (Å²) in [5, 5.41) is 0.512. The van der Waals surface area contributed by atoms with Crippen LogP contribution in [0.2, 0.25) is 0 Å². The number of aryl methyl sites for hydroxylation is 1. The van der Waals surface area contributed by atoms with Crippen LogP contribution in [0.1, 0.15) is 10.4 Å². The van der Waals surface area contributed by atoms with Gasteiger partial charge in [-0.1, -0.05) is 42.1 Å². The Labute approximate surface area is 168 Å². The van der Waals surface area contributed by atoms with Crippen molar-refractivity contribution < 1.29 is 9.21 Å². The highest BCUT2D eigenvalue weighted by Crippen LogP contribution is 2.26. The summed E-state index contributed by atoms with van der Waals surface area (Å²) in [5.74, 6) is 0.625. The summed E-state index contributed by atoms with van der Waals surface area (Å²) < 4.78 is 7.66. The molecule has 4 aromatic rings. The quantitative estimate of drug-likeness (QED) is 0.284. The van der Waals surface area contributed by atoms with Gasteiger partial charge in [-0.25, -0.2) is 14.8 Å². The van der Waals surface area contributed by atoms with E-state index in [0.29, 0.717) is 16.3 Å². The largest absolute Gasteiger partial charge is 0.461 e. The first kappa shape index (κ1) is 18.9. The van der Waals surface area contributed by atoms with Gasteiger partial charge in [-0.15, -0.1) is 0 Å². The molecule has 0 bridgehead atoms. The van der Waals surface area contributed by atoms with Gasteiger partial charge >= 0.3 is 5.69 Å². The molecule has 9 heteroatoms. The molecule has 1 aromatic carbocycles. The molecule has 0 atom stereocenters. The van der Waals surface area contributed by atoms with Crippen LogP contribution in [0.4, 0.5) is 0 Å². The smallest absolute Gasteiger partial charge is 0.332 e. The van der Waals surface area contributed by atoms with Crippen LogP contribution >= 0.6 is 11.8 Å². The number of hydrogen-bond acceptors (Lipinski definition) is 7. The Hall–Kier alpha value is -3.46. The number of carbonyl (C=O) groups is 1. The van der Waals surface area contributed by atoms with Crippen molar-refractivity contribution in [3.05, 3.63) is 75.1 Å². The lowest BCUT2D eigenvalue weighted by Crippen LogP contribution is -2.37. The van der Waals surface area contributed by atoms with Crippen molar-refractivity contribution in [2.75, 3.05) is 5.75 Å². The third kappa shape index (κ3) is 3.40. The monoisotopic (exact) mass is 408 g/mol. The molecular formula is C20H16N4O4S. The van der Waals surface area contributed by atoms with Gasteiger partial charge in [0.25, 0.3) is 5.56 Å². The number of furan rings is 1. The first-order valence-electron chi connectivity index (χ1n) is 8.70. The first-order chi connectivity index (χ1) is 14.0. The molecule has 146 valence electrons. The van der Waals surface area contributed by atoms with Gasteiger partial charge in [0, 0.05) is 19.7 Å². The number of aromatic nitrogens is 4. The molecule has 8 nitrogen and oxygen atoms in total. The Kier molecular flexibility index (Phi) is 4.89. The molecule has 0 amide bonds.